The van der Waals surface area contributed by atoms with Crippen LogP contribution in [0.2, 0.25) is 0 Å². The second-order valence-corrected chi connectivity index (χ2v) is 5.42. The molecule has 0 saturated carbocycles. The van der Waals surface area contributed by atoms with Crippen LogP contribution in [0, 0.1) is 0 Å². The average Bonchev–Trinajstić information content (AvgIpc) is 2.77. The van der Waals surface area contributed by atoms with E-state index in [9.17, 15) is 13.2 Å². The van der Waals surface area contributed by atoms with Gasteiger partial charge in [-0.15, -0.1) is 10.2 Å². The van der Waals surface area contributed by atoms with Crippen LogP contribution in [0.1, 0.15) is 31.2 Å². The van der Waals surface area contributed by atoms with Gasteiger partial charge in [0.15, 0.2) is 0 Å². The molecule has 0 aliphatic carbocycles. The molecule has 2 N–H and O–H groups in total. The first kappa shape index (κ1) is 13.5. The lowest BCUT2D eigenvalue weighted by atomic mass is 9.97. The monoisotopic (exact) mass is 280 g/mol. The Morgan fingerprint density at radius 1 is 1.39 bits per heavy atom. The largest absolute Gasteiger partial charge is 0.445 e. The molecule has 8 heteroatoms. The summed E-state index contributed by atoms with van der Waals surface area (Å²) in [5, 5.41) is 6.33. The zero-order chi connectivity index (χ0) is 13.3. The lowest BCUT2D eigenvalue weighted by molar-refractivity contribution is -0.138. The molecule has 0 radical (unpaired) electrons. The summed E-state index contributed by atoms with van der Waals surface area (Å²) in [6.45, 7) is 2.40. The van der Waals surface area contributed by atoms with Crippen LogP contribution in [0.5, 0.6) is 0 Å². The molecule has 2 unspecified atom stereocenters. The third kappa shape index (κ3) is 2.59. The number of hydrogen-bond acceptors (Lipinski definition) is 5. The van der Waals surface area contributed by atoms with Crippen LogP contribution >= 0.6 is 11.3 Å². The lowest BCUT2D eigenvalue weighted by Crippen LogP contribution is -2.49. The van der Waals surface area contributed by atoms with E-state index in [2.05, 4.69) is 10.2 Å². The van der Waals surface area contributed by atoms with E-state index in [-0.39, 0.29) is 12.1 Å². The Kier molecular flexibility index (Phi) is 3.76. The summed E-state index contributed by atoms with van der Waals surface area (Å²) in [5.41, 5.74) is 5.68. The summed E-state index contributed by atoms with van der Waals surface area (Å²) < 4.78 is 37.5. The predicted octanol–water partition coefficient (Wildman–Crippen LogP) is 2.26. The topological polar surface area (TPSA) is 55.0 Å². The van der Waals surface area contributed by atoms with Gasteiger partial charge in [-0.05, 0) is 26.2 Å². The fourth-order valence-corrected chi connectivity index (χ4v) is 3.18. The minimum Gasteiger partial charge on any atom is -0.340 e. The van der Waals surface area contributed by atoms with Crippen molar-refractivity contribution in [1.82, 2.24) is 10.2 Å². The van der Waals surface area contributed by atoms with E-state index in [0.29, 0.717) is 23.0 Å². The van der Waals surface area contributed by atoms with Crippen molar-refractivity contribution in [3.05, 3.63) is 5.01 Å². The standard InChI is InChI=1S/C10H15F3N4S/c1-6-3-2-4-7(5-14)17(6)9-16-15-8(18-9)10(11,12)13/h6-7H,2-5,14H2,1H3. The number of halogens is 3. The maximum Gasteiger partial charge on any atom is 0.445 e. The van der Waals surface area contributed by atoms with E-state index in [1.807, 2.05) is 11.8 Å². The van der Waals surface area contributed by atoms with Crippen molar-refractivity contribution in [1.29, 1.82) is 0 Å². The van der Waals surface area contributed by atoms with Crippen LogP contribution in [0.25, 0.3) is 0 Å². The van der Waals surface area contributed by atoms with E-state index in [0.717, 1.165) is 19.3 Å². The first-order chi connectivity index (χ1) is 8.43. The Morgan fingerprint density at radius 3 is 2.67 bits per heavy atom. The van der Waals surface area contributed by atoms with Crippen molar-refractivity contribution < 1.29 is 13.2 Å². The zero-order valence-corrected chi connectivity index (χ0v) is 10.8. The molecule has 0 amide bonds. The number of piperidine rings is 1. The highest BCUT2D eigenvalue weighted by atomic mass is 32.1. The van der Waals surface area contributed by atoms with Crippen LogP contribution in [0.3, 0.4) is 0 Å². The first-order valence-corrected chi connectivity index (χ1v) is 6.64. The predicted molar refractivity (Wildman–Crippen MR) is 63.5 cm³/mol. The van der Waals surface area contributed by atoms with Gasteiger partial charge in [-0.2, -0.15) is 13.2 Å². The number of anilines is 1. The van der Waals surface area contributed by atoms with Crippen molar-refractivity contribution in [3.8, 4) is 0 Å². The van der Waals surface area contributed by atoms with Crippen LogP contribution in [0.15, 0.2) is 0 Å². The maximum atomic E-state index is 12.5. The summed E-state index contributed by atoms with van der Waals surface area (Å²) in [4.78, 5) is 1.89. The molecular weight excluding hydrogens is 265 g/mol. The van der Waals surface area contributed by atoms with E-state index in [1.54, 1.807) is 0 Å². The Balaban J connectivity index is 2.25. The fourth-order valence-electron chi connectivity index (χ4n) is 2.30. The van der Waals surface area contributed by atoms with Gasteiger partial charge < -0.3 is 10.6 Å². The molecule has 0 bridgehead atoms. The van der Waals surface area contributed by atoms with Gasteiger partial charge in [-0.25, -0.2) is 0 Å². The Hall–Kier alpha value is -0.890. The van der Waals surface area contributed by atoms with Gasteiger partial charge in [0.1, 0.15) is 0 Å². The lowest BCUT2D eigenvalue weighted by Gasteiger charge is -2.39. The molecule has 2 heterocycles. The van der Waals surface area contributed by atoms with Gasteiger partial charge in [0, 0.05) is 18.6 Å². The van der Waals surface area contributed by atoms with Gasteiger partial charge in [0.25, 0.3) is 0 Å². The molecule has 1 fully saturated rings. The molecule has 4 nitrogen and oxygen atoms in total. The van der Waals surface area contributed by atoms with Gasteiger partial charge in [0.2, 0.25) is 10.1 Å². The van der Waals surface area contributed by atoms with E-state index in [4.69, 9.17) is 5.73 Å². The van der Waals surface area contributed by atoms with Gasteiger partial charge in [0.05, 0.1) is 0 Å². The van der Waals surface area contributed by atoms with E-state index >= 15 is 0 Å². The minimum absolute atomic E-state index is 0.0581. The van der Waals surface area contributed by atoms with Gasteiger partial charge >= 0.3 is 6.18 Å². The number of nitrogens with zero attached hydrogens (tertiary/aromatic N) is 3. The Bertz CT molecular complexity index is 406. The van der Waals surface area contributed by atoms with Crippen LogP contribution in [-0.2, 0) is 6.18 Å². The second kappa shape index (κ2) is 5.00. The van der Waals surface area contributed by atoms with Crippen molar-refractivity contribution in [2.24, 2.45) is 5.73 Å². The molecule has 18 heavy (non-hydrogen) atoms. The SMILES string of the molecule is CC1CCCC(CN)N1c1nnc(C(F)(F)F)s1. The summed E-state index contributed by atoms with van der Waals surface area (Å²) in [6, 6.07) is 0.212. The third-order valence-electron chi connectivity index (χ3n) is 3.18. The molecule has 2 atom stereocenters. The molecule has 0 spiro atoms. The summed E-state index contributed by atoms with van der Waals surface area (Å²) in [6.07, 6.45) is -1.54. The first-order valence-electron chi connectivity index (χ1n) is 5.82. The molecule has 0 aromatic carbocycles. The molecule has 1 aromatic heterocycles. The average molecular weight is 280 g/mol. The molecule has 102 valence electrons. The van der Waals surface area contributed by atoms with Crippen LogP contribution < -0.4 is 10.6 Å². The quantitative estimate of drug-likeness (QED) is 0.903. The second-order valence-electron chi connectivity index (χ2n) is 4.46. The van der Waals surface area contributed by atoms with Crippen LogP contribution in [-0.4, -0.2) is 28.8 Å². The summed E-state index contributed by atoms with van der Waals surface area (Å²) in [7, 11) is 0. The van der Waals surface area contributed by atoms with Crippen molar-refractivity contribution in [2.75, 3.05) is 11.4 Å². The van der Waals surface area contributed by atoms with Crippen molar-refractivity contribution in [2.45, 2.75) is 44.4 Å². The van der Waals surface area contributed by atoms with Crippen molar-refractivity contribution >= 4 is 16.5 Å². The highest BCUT2D eigenvalue weighted by Crippen LogP contribution is 2.37. The van der Waals surface area contributed by atoms with E-state index in [1.165, 1.54) is 0 Å². The molecule has 1 aromatic rings. The zero-order valence-electron chi connectivity index (χ0n) is 9.94. The van der Waals surface area contributed by atoms with Gasteiger partial charge in [-0.1, -0.05) is 11.3 Å². The normalized spacial score (nSPS) is 25.5. The molecule has 1 aliphatic rings. The number of hydrogen-bond donors (Lipinski definition) is 1. The van der Waals surface area contributed by atoms with Gasteiger partial charge in [-0.3, -0.25) is 0 Å². The molecule has 1 saturated heterocycles. The smallest absolute Gasteiger partial charge is 0.340 e. The fraction of sp³-hybridized carbons (Fsp3) is 0.800. The number of nitrogens with two attached hydrogens (primary N) is 1. The highest BCUT2D eigenvalue weighted by molar-refractivity contribution is 7.15. The minimum atomic E-state index is -4.42. The Labute approximate surface area is 107 Å². The Morgan fingerprint density at radius 2 is 2.11 bits per heavy atom. The highest BCUT2D eigenvalue weighted by Gasteiger charge is 2.38. The maximum absolute atomic E-state index is 12.5. The molecule has 2 rings (SSSR count). The van der Waals surface area contributed by atoms with E-state index < -0.39 is 11.2 Å². The number of rotatable bonds is 2. The van der Waals surface area contributed by atoms with Crippen molar-refractivity contribution in [3.63, 3.8) is 0 Å². The molecular formula is C10H15F3N4S. The number of alkyl halides is 3. The summed E-state index contributed by atoms with van der Waals surface area (Å²) in [5.74, 6) is 0. The summed E-state index contributed by atoms with van der Waals surface area (Å²) >= 11 is 0.592. The van der Waals surface area contributed by atoms with Crippen LogP contribution in [0.4, 0.5) is 18.3 Å². The molecule has 1 aliphatic heterocycles. The third-order valence-corrected chi connectivity index (χ3v) is 4.16. The number of aromatic nitrogens is 2.